The zero-order chi connectivity index (χ0) is 13.8. The van der Waals surface area contributed by atoms with Crippen LogP contribution in [0.4, 0.5) is 0 Å². The molecule has 0 aliphatic carbocycles. The van der Waals surface area contributed by atoms with Gasteiger partial charge in [-0.1, -0.05) is 32.0 Å². The maximum absolute atomic E-state index is 7.49. The number of hydrogen-bond acceptors (Lipinski definition) is 4. The van der Waals surface area contributed by atoms with Crippen LogP contribution in [0.3, 0.4) is 0 Å². The Hall–Kier alpha value is -0.970. The van der Waals surface area contributed by atoms with Gasteiger partial charge in [0.05, 0.1) is 11.5 Å². The van der Waals surface area contributed by atoms with Crippen LogP contribution < -0.4 is 5.73 Å². The molecule has 0 aromatic carbocycles. The zero-order valence-electron chi connectivity index (χ0n) is 11.7. The molecule has 3 N–H and O–H groups in total. The standard InChI is InChI=1S/C13H23N3OS/c1-9-10(2)17-12(16-9)18-8-6-5-7-13(3,4)11(14)15/h5-8H2,1-4H3,(H3,14,15). The van der Waals surface area contributed by atoms with Crippen LogP contribution in [-0.4, -0.2) is 16.6 Å². The lowest BCUT2D eigenvalue weighted by atomic mass is 9.86. The largest absolute Gasteiger partial charge is 0.437 e. The third-order valence-electron chi connectivity index (χ3n) is 3.16. The molecule has 0 aliphatic rings. The van der Waals surface area contributed by atoms with Gasteiger partial charge in [0.15, 0.2) is 0 Å². The number of thioether (sulfide) groups is 1. The minimum absolute atomic E-state index is 0.180. The number of hydrogen-bond donors (Lipinski definition) is 2. The van der Waals surface area contributed by atoms with E-state index < -0.39 is 0 Å². The average Bonchev–Trinajstić information content (AvgIpc) is 2.57. The number of unbranched alkanes of at least 4 members (excludes halogenated alkanes) is 1. The monoisotopic (exact) mass is 269 g/mol. The second-order valence-corrected chi connectivity index (χ2v) is 6.27. The lowest BCUT2D eigenvalue weighted by Gasteiger charge is -2.22. The highest BCUT2D eigenvalue weighted by molar-refractivity contribution is 7.99. The number of aromatic nitrogens is 1. The summed E-state index contributed by atoms with van der Waals surface area (Å²) in [7, 11) is 0. The van der Waals surface area contributed by atoms with Crippen molar-refractivity contribution in [2.24, 2.45) is 11.1 Å². The molecule has 18 heavy (non-hydrogen) atoms. The summed E-state index contributed by atoms with van der Waals surface area (Å²) in [5.74, 6) is 2.16. The van der Waals surface area contributed by atoms with Crippen LogP contribution in [0, 0.1) is 24.7 Å². The molecule has 1 rings (SSSR count). The molecule has 0 amide bonds. The lowest BCUT2D eigenvalue weighted by Crippen LogP contribution is -2.30. The lowest BCUT2D eigenvalue weighted by molar-refractivity contribution is 0.430. The maximum Gasteiger partial charge on any atom is 0.256 e. The fourth-order valence-corrected chi connectivity index (χ4v) is 2.38. The Labute approximate surface area is 113 Å². The number of nitrogens with two attached hydrogens (primary N) is 1. The molecule has 4 nitrogen and oxygen atoms in total. The van der Waals surface area contributed by atoms with Gasteiger partial charge in [-0.2, -0.15) is 0 Å². The van der Waals surface area contributed by atoms with Gasteiger partial charge >= 0.3 is 0 Å². The summed E-state index contributed by atoms with van der Waals surface area (Å²) in [6.45, 7) is 7.92. The molecule has 0 bridgehead atoms. The van der Waals surface area contributed by atoms with Crippen molar-refractivity contribution in [1.29, 1.82) is 5.41 Å². The normalized spacial score (nSPS) is 11.8. The fraction of sp³-hybridized carbons (Fsp3) is 0.692. The summed E-state index contributed by atoms with van der Waals surface area (Å²) in [5.41, 5.74) is 6.34. The number of rotatable bonds is 7. The molecule has 0 aliphatic heterocycles. The van der Waals surface area contributed by atoms with E-state index in [1.165, 1.54) is 0 Å². The minimum Gasteiger partial charge on any atom is -0.437 e. The van der Waals surface area contributed by atoms with Crippen molar-refractivity contribution >= 4 is 17.6 Å². The van der Waals surface area contributed by atoms with E-state index in [2.05, 4.69) is 4.98 Å². The highest BCUT2D eigenvalue weighted by Crippen LogP contribution is 2.25. The van der Waals surface area contributed by atoms with Crippen molar-refractivity contribution in [2.45, 2.75) is 52.2 Å². The molecule has 0 saturated carbocycles. The third kappa shape index (κ3) is 4.37. The van der Waals surface area contributed by atoms with Gasteiger partial charge in [-0.3, -0.25) is 5.41 Å². The van der Waals surface area contributed by atoms with Crippen LogP contribution in [-0.2, 0) is 0 Å². The van der Waals surface area contributed by atoms with Crippen molar-refractivity contribution in [3.63, 3.8) is 0 Å². The smallest absolute Gasteiger partial charge is 0.256 e. The molecule has 0 atom stereocenters. The molecule has 1 aromatic rings. The number of nitrogens with zero attached hydrogens (tertiary/aromatic N) is 1. The van der Waals surface area contributed by atoms with Gasteiger partial charge in [0.2, 0.25) is 0 Å². The van der Waals surface area contributed by atoms with Crippen LogP contribution in [0.2, 0.25) is 0 Å². The quantitative estimate of drug-likeness (QED) is 0.344. The van der Waals surface area contributed by atoms with Gasteiger partial charge < -0.3 is 10.2 Å². The van der Waals surface area contributed by atoms with E-state index in [1.54, 1.807) is 11.8 Å². The number of aryl methyl sites for hydroxylation is 2. The summed E-state index contributed by atoms with van der Waals surface area (Å²) in [6.07, 6.45) is 3.10. The second kappa shape index (κ2) is 6.27. The highest BCUT2D eigenvalue weighted by atomic mass is 32.2. The SMILES string of the molecule is Cc1nc(SCCCCC(C)(C)C(=N)N)oc1C. The predicted octanol–water partition coefficient (Wildman–Crippen LogP) is 3.52. The van der Waals surface area contributed by atoms with Crippen molar-refractivity contribution in [1.82, 2.24) is 4.98 Å². The van der Waals surface area contributed by atoms with Gasteiger partial charge in [-0.15, -0.1) is 0 Å². The van der Waals surface area contributed by atoms with E-state index in [9.17, 15) is 0 Å². The Morgan fingerprint density at radius 2 is 2.06 bits per heavy atom. The number of amidine groups is 1. The first-order chi connectivity index (χ1) is 8.33. The van der Waals surface area contributed by atoms with Gasteiger partial charge in [-0.05, 0) is 26.7 Å². The summed E-state index contributed by atoms with van der Waals surface area (Å²) >= 11 is 1.65. The fourth-order valence-electron chi connectivity index (χ4n) is 1.47. The van der Waals surface area contributed by atoms with Gasteiger partial charge in [0, 0.05) is 11.2 Å². The Kier molecular flexibility index (Phi) is 5.26. The Morgan fingerprint density at radius 3 is 2.56 bits per heavy atom. The van der Waals surface area contributed by atoms with Crippen molar-refractivity contribution < 1.29 is 4.42 Å². The molecule has 0 spiro atoms. The summed E-state index contributed by atoms with van der Waals surface area (Å²) < 4.78 is 5.50. The average molecular weight is 269 g/mol. The van der Waals surface area contributed by atoms with Crippen molar-refractivity contribution in [2.75, 3.05) is 5.75 Å². The van der Waals surface area contributed by atoms with E-state index in [0.717, 1.165) is 41.7 Å². The van der Waals surface area contributed by atoms with E-state index in [1.807, 2.05) is 27.7 Å². The molecule has 1 heterocycles. The second-order valence-electron chi connectivity index (χ2n) is 5.22. The maximum atomic E-state index is 7.49. The summed E-state index contributed by atoms with van der Waals surface area (Å²) in [5, 5.41) is 8.25. The van der Waals surface area contributed by atoms with Crippen LogP contribution in [0.25, 0.3) is 0 Å². The van der Waals surface area contributed by atoms with Gasteiger partial charge in [-0.25, -0.2) is 4.98 Å². The summed E-state index contributed by atoms with van der Waals surface area (Å²) in [4.78, 5) is 4.33. The van der Waals surface area contributed by atoms with E-state index in [0.29, 0.717) is 0 Å². The topological polar surface area (TPSA) is 75.9 Å². The molecule has 0 unspecified atom stereocenters. The number of oxazole rings is 1. The predicted molar refractivity (Wildman–Crippen MR) is 76.2 cm³/mol. The van der Waals surface area contributed by atoms with Gasteiger partial charge in [0.1, 0.15) is 5.76 Å². The van der Waals surface area contributed by atoms with E-state index >= 15 is 0 Å². The molecular formula is C13H23N3OS. The van der Waals surface area contributed by atoms with Crippen LogP contribution >= 0.6 is 11.8 Å². The first-order valence-electron chi connectivity index (χ1n) is 6.24. The molecular weight excluding hydrogens is 246 g/mol. The van der Waals surface area contributed by atoms with E-state index in [-0.39, 0.29) is 11.3 Å². The molecule has 102 valence electrons. The van der Waals surface area contributed by atoms with Gasteiger partial charge in [0.25, 0.3) is 5.22 Å². The Balaban J connectivity index is 2.22. The molecule has 0 radical (unpaired) electrons. The van der Waals surface area contributed by atoms with E-state index in [4.69, 9.17) is 15.6 Å². The third-order valence-corrected chi connectivity index (χ3v) is 4.07. The first kappa shape index (κ1) is 15.1. The molecule has 0 saturated heterocycles. The Morgan fingerprint density at radius 1 is 1.39 bits per heavy atom. The van der Waals surface area contributed by atoms with Crippen molar-refractivity contribution in [3.05, 3.63) is 11.5 Å². The molecule has 0 fully saturated rings. The minimum atomic E-state index is -0.180. The molecule has 5 heteroatoms. The molecule has 1 aromatic heterocycles. The highest BCUT2D eigenvalue weighted by Gasteiger charge is 2.20. The zero-order valence-corrected chi connectivity index (χ0v) is 12.5. The van der Waals surface area contributed by atoms with Crippen molar-refractivity contribution in [3.8, 4) is 0 Å². The summed E-state index contributed by atoms with van der Waals surface area (Å²) in [6, 6.07) is 0. The van der Waals surface area contributed by atoms with Crippen LogP contribution in [0.5, 0.6) is 0 Å². The first-order valence-corrected chi connectivity index (χ1v) is 7.23. The number of nitrogens with one attached hydrogen (secondary N) is 1. The Bertz CT molecular complexity index is 393. The van der Waals surface area contributed by atoms with Crippen LogP contribution in [0.15, 0.2) is 9.64 Å². The van der Waals surface area contributed by atoms with Crippen LogP contribution in [0.1, 0.15) is 44.6 Å².